The molecule has 6 nitrogen and oxygen atoms in total. The molecule has 0 saturated heterocycles. The van der Waals surface area contributed by atoms with E-state index in [1.165, 1.54) is 11.8 Å². The normalized spacial score (nSPS) is 10.7. The van der Waals surface area contributed by atoms with Crippen LogP contribution in [0.25, 0.3) is 0 Å². The van der Waals surface area contributed by atoms with Crippen LogP contribution < -0.4 is 10.1 Å². The molecule has 0 aliphatic carbocycles. The molecule has 2 aromatic rings. The molecule has 0 saturated carbocycles. The fraction of sp³-hybridized carbons (Fsp3) is 0.400. The largest absolute Gasteiger partial charge is 0.497 e. The minimum Gasteiger partial charge on any atom is -0.497 e. The Labute approximate surface area is 134 Å². The molecule has 118 valence electrons. The second-order valence-electron chi connectivity index (χ2n) is 5.03. The van der Waals surface area contributed by atoms with Crippen LogP contribution in [-0.4, -0.2) is 33.5 Å². The summed E-state index contributed by atoms with van der Waals surface area (Å²) in [6.45, 7) is 4.58. The van der Waals surface area contributed by atoms with Crippen LogP contribution in [0, 0.1) is 0 Å². The van der Waals surface area contributed by atoms with E-state index in [9.17, 15) is 4.79 Å². The van der Waals surface area contributed by atoms with Crippen LogP contribution in [0.4, 0.5) is 0 Å². The van der Waals surface area contributed by atoms with Gasteiger partial charge in [0.15, 0.2) is 5.16 Å². The fourth-order valence-corrected chi connectivity index (χ4v) is 2.73. The molecule has 0 radical (unpaired) electrons. The zero-order chi connectivity index (χ0) is 15.9. The molecule has 0 spiro atoms. The molecule has 1 N–H and O–H groups in total. The molecule has 0 atom stereocenters. The molecule has 1 amide bonds. The zero-order valence-electron chi connectivity index (χ0n) is 12.9. The van der Waals surface area contributed by atoms with Crippen molar-refractivity contribution in [1.82, 2.24) is 20.1 Å². The van der Waals surface area contributed by atoms with Gasteiger partial charge in [0, 0.05) is 12.6 Å². The molecule has 2 rings (SSSR count). The van der Waals surface area contributed by atoms with Crippen molar-refractivity contribution in [1.29, 1.82) is 0 Å². The van der Waals surface area contributed by atoms with Gasteiger partial charge in [-0.15, -0.1) is 10.2 Å². The van der Waals surface area contributed by atoms with Gasteiger partial charge in [-0.05, 0) is 31.5 Å². The molecule has 0 unspecified atom stereocenters. The van der Waals surface area contributed by atoms with E-state index in [1.807, 2.05) is 28.8 Å². The van der Waals surface area contributed by atoms with E-state index < -0.39 is 0 Å². The highest BCUT2D eigenvalue weighted by molar-refractivity contribution is 7.99. The Morgan fingerprint density at radius 2 is 2.27 bits per heavy atom. The van der Waals surface area contributed by atoms with Crippen molar-refractivity contribution in [2.24, 2.45) is 0 Å². The summed E-state index contributed by atoms with van der Waals surface area (Å²) in [6.07, 6.45) is 1.68. The maximum absolute atomic E-state index is 11.9. The van der Waals surface area contributed by atoms with E-state index in [1.54, 1.807) is 13.4 Å². The predicted molar refractivity (Wildman–Crippen MR) is 86.0 cm³/mol. The number of carbonyl (C=O) groups is 1. The van der Waals surface area contributed by atoms with E-state index in [4.69, 9.17) is 4.74 Å². The molecule has 0 bridgehead atoms. The third kappa shape index (κ3) is 4.49. The maximum atomic E-state index is 11.9. The number of hydrogen-bond donors (Lipinski definition) is 1. The fourth-order valence-electron chi connectivity index (χ4n) is 1.85. The summed E-state index contributed by atoms with van der Waals surface area (Å²) >= 11 is 1.39. The van der Waals surface area contributed by atoms with Crippen LogP contribution in [0.5, 0.6) is 5.75 Å². The van der Waals surface area contributed by atoms with Crippen molar-refractivity contribution in [3.05, 3.63) is 36.2 Å². The Bertz CT molecular complexity index is 628. The van der Waals surface area contributed by atoms with Gasteiger partial charge in [-0.1, -0.05) is 23.9 Å². The lowest BCUT2D eigenvalue weighted by atomic mass is 10.2. The lowest BCUT2D eigenvalue weighted by Gasteiger charge is -2.09. The number of aromatic nitrogens is 3. The van der Waals surface area contributed by atoms with Crippen LogP contribution >= 0.6 is 11.8 Å². The number of hydrogen-bond acceptors (Lipinski definition) is 5. The number of methoxy groups -OCH3 is 1. The Hall–Kier alpha value is -2.02. The summed E-state index contributed by atoms with van der Waals surface area (Å²) in [6, 6.07) is 7.91. The SMILES string of the molecule is COc1cccc(CNC(=O)CSc2nncn2C(C)C)c1. The van der Waals surface area contributed by atoms with Gasteiger partial charge in [-0.3, -0.25) is 4.79 Å². The molecule has 0 aliphatic heterocycles. The summed E-state index contributed by atoms with van der Waals surface area (Å²) in [7, 11) is 1.62. The number of amides is 1. The summed E-state index contributed by atoms with van der Waals surface area (Å²) in [5.74, 6) is 1.06. The Kier molecular flexibility index (Phi) is 5.83. The quantitative estimate of drug-likeness (QED) is 0.793. The highest BCUT2D eigenvalue weighted by Crippen LogP contribution is 2.18. The van der Waals surface area contributed by atoms with Gasteiger partial charge in [-0.25, -0.2) is 0 Å². The van der Waals surface area contributed by atoms with E-state index in [2.05, 4.69) is 29.4 Å². The van der Waals surface area contributed by atoms with E-state index in [0.29, 0.717) is 12.3 Å². The third-order valence-electron chi connectivity index (χ3n) is 3.05. The van der Waals surface area contributed by atoms with E-state index >= 15 is 0 Å². The van der Waals surface area contributed by atoms with Gasteiger partial charge in [0.1, 0.15) is 12.1 Å². The molecule has 0 aliphatic rings. The maximum Gasteiger partial charge on any atom is 0.230 e. The average molecular weight is 320 g/mol. The van der Waals surface area contributed by atoms with Crippen molar-refractivity contribution >= 4 is 17.7 Å². The molecular weight excluding hydrogens is 300 g/mol. The number of rotatable bonds is 7. The molecule has 7 heteroatoms. The number of benzene rings is 1. The Morgan fingerprint density at radius 1 is 1.45 bits per heavy atom. The summed E-state index contributed by atoms with van der Waals surface area (Å²) in [5, 5.41) is 11.6. The predicted octanol–water partition coefficient (Wildman–Crippen LogP) is 2.28. The van der Waals surface area contributed by atoms with Gasteiger partial charge in [0.2, 0.25) is 5.91 Å². The van der Waals surface area contributed by atoms with Crippen molar-refractivity contribution in [3.8, 4) is 5.75 Å². The first kappa shape index (κ1) is 16.4. The van der Waals surface area contributed by atoms with Crippen LogP contribution in [0.3, 0.4) is 0 Å². The van der Waals surface area contributed by atoms with Crippen molar-refractivity contribution in [2.75, 3.05) is 12.9 Å². The first-order chi connectivity index (χ1) is 10.6. The standard InChI is InChI=1S/C15H20N4O2S/c1-11(2)19-10-17-18-15(19)22-9-14(20)16-8-12-5-4-6-13(7-12)21-3/h4-7,10-11H,8-9H2,1-3H3,(H,16,20). The van der Waals surface area contributed by atoms with Crippen molar-refractivity contribution in [3.63, 3.8) is 0 Å². The molecule has 1 heterocycles. The molecular formula is C15H20N4O2S. The topological polar surface area (TPSA) is 69.0 Å². The lowest BCUT2D eigenvalue weighted by molar-refractivity contribution is -0.118. The summed E-state index contributed by atoms with van der Waals surface area (Å²) in [4.78, 5) is 11.9. The van der Waals surface area contributed by atoms with Gasteiger partial charge in [0.25, 0.3) is 0 Å². The summed E-state index contributed by atoms with van der Waals surface area (Å²) < 4.78 is 7.10. The molecule has 1 aromatic heterocycles. The first-order valence-electron chi connectivity index (χ1n) is 7.02. The molecule has 0 fully saturated rings. The minimum absolute atomic E-state index is 0.0360. The van der Waals surface area contributed by atoms with E-state index in [0.717, 1.165) is 16.5 Å². The van der Waals surface area contributed by atoms with Gasteiger partial charge >= 0.3 is 0 Å². The number of carbonyl (C=O) groups excluding carboxylic acids is 1. The van der Waals surface area contributed by atoms with Crippen LogP contribution in [0.15, 0.2) is 35.7 Å². The van der Waals surface area contributed by atoms with Crippen LogP contribution in [0.1, 0.15) is 25.5 Å². The van der Waals surface area contributed by atoms with Gasteiger partial charge in [0.05, 0.1) is 12.9 Å². The number of thioether (sulfide) groups is 1. The lowest BCUT2D eigenvalue weighted by Crippen LogP contribution is -2.24. The van der Waals surface area contributed by atoms with Crippen molar-refractivity contribution < 1.29 is 9.53 Å². The Morgan fingerprint density at radius 3 is 3.00 bits per heavy atom. The molecule has 1 aromatic carbocycles. The summed E-state index contributed by atoms with van der Waals surface area (Å²) in [5.41, 5.74) is 1.00. The second-order valence-corrected chi connectivity index (χ2v) is 5.97. The highest BCUT2D eigenvalue weighted by Gasteiger charge is 2.10. The molecule has 22 heavy (non-hydrogen) atoms. The van der Waals surface area contributed by atoms with E-state index in [-0.39, 0.29) is 11.9 Å². The van der Waals surface area contributed by atoms with Crippen LogP contribution in [0.2, 0.25) is 0 Å². The smallest absolute Gasteiger partial charge is 0.230 e. The minimum atomic E-state index is -0.0360. The zero-order valence-corrected chi connectivity index (χ0v) is 13.8. The highest BCUT2D eigenvalue weighted by atomic mass is 32.2. The third-order valence-corrected chi connectivity index (χ3v) is 4.01. The number of nitrogens with one attached hydrogen (secondary N) is 1. The monoisotopic (exact) mass is 320 g/mol. The second kappa shape index (κ2) is 7.84. The van der Waals surface area contributed by atoms with Crippen molar-refractivity contribution in [2.45, 2.75) is 31.6 Å². The first-order valence-corrected chi connectivity index (χ1v) is 8.00. The Balaban J connectivity index is 1.81. The van der Waals surface area contributed by atoms with Gasteiger partial charge in [-0.2, -0.15) is 0 Å². The van der Waals surface area contributed by atoms with Crippen LogP contribution in [-0.2, 0) is 11.3 Å². The van der Waals surface area contributed by atoms with Gasteiger partial charge < -0.3 is 14.6 Å². The average Bonchev–Trinajstić information content (AvgIpc) is 3.00. The number of nitrogens with zero attached hydrogens (tertiary/aromatic N) is 3. The number of ether oxygens (including phenoxy) is 1.